The Hall–Kier alpha value is -0.0800. The molecule has 0 radical (unpaired) electrons. The summed E-state index contributed by atoms with van der Waals surface area (Å²) in [6.45, 7) is 7.02. The van der Waals surface area contributed by atoms with E-state index in [-0.39, 0.29) is 0 Å². The average molecular weight is 226 g/mol. The second kappa shape index (κ2) is 7.29. The maximum atomic E-state index is 3.67. The summed E-state index contributed by atoms with van der Waals surface area (Å²) in [6.07, 6.45) is 7.10. The highest BCUT2D eigenvalue weighted by atomic mass is 15.1. The van der Waals surface area contributed by atoms with Crippen molar-refractivity contribution in [2.45, 2.75) is 52.0 Å². The third-order valence-electron chi connectivity index (χ3n) is 3.76. The normalized spacial score (nSPS) is 19.9. The molecule has 16 heavy (non-hydrogen) atoms. The molecule has 0 aromatic rings. The van der Waals surface area contributed by atoms with Crippen LogP contribution in [0.1, 0.15) is 46.0 Å². The van der Waals surface area contributed by atoms with Crippen LogP contribution in [0.5, 0.6) is 0 Å². The van der Waals surface area contributed by atoms with E-state index in [1.54, 1.807) is 0 Å². The summed E-state index contributed by atoms with van der Waals surface area (Å²) >= 11 is 0. The molecule has 0 aromatic heterocycles. The predicted octanol–water partition coefficient (Wildman–Crippen LogP) is 2.74. The van der Waals surface area contributed by atoms with Crippen molar-refractivity contribution in [3.8, 4) is 0 Å². The first-order chi connectivity index (χ1) is 7.59. The van der Waals surface area contributed by atoms with Gasteiger partial charge in [0.1, 0.15) is 0 Å². The predicted molar refractivity (Wildman–Crippen MR) is 71.8 cm³/mol. The Morgan fingerprint density at radius 3 is 2.31 bits per heavy atom. The number of hydrogen-bond acceptors (Lipinski definition) is 2. The average Bonchev–Trinajstić information content (AvgIpc) is 2.68. The van der Waals surface area contributed by atoms with Crippen LogP contribution >= 0.6 is 0 Å². The lowest BCUT2D eigenvalue weighted by atomic mass is 10.0. The molecule has 0 saturated heterocycles. The molecule has 2 nitrogen and oxygen atoms in total. The van der Waals surface area contributed by atoms with E-state index in [1.807, 2.05) is 0 Å². The van der Waals surface area contributed by atoms with E-state index in [4.69, 9.17) is 0 Å². The highest BCUT2D eigenvalue weighted by Crippen LogP contribution is 2.23. The molecule has 1 fully saturated rings. The monoisotopic (exact) mass is 226 g/mol. The standard InChI is InChI=1S/C14H30N2/c1-12(2)9-14(16(3)4)11-15-10-13-7-5-6-8-13/h12-15H,5-11H2,1-4H3. The Bertz CT molecular complexity index is 172. The van der Waals surface area contributed by atoms with Crippen molar-refractivity contribution in [2.24, 2.45) is 11.8 Å². The van der Waals surface area contributed by atoms with E-state index >= 15 is 0 Å². The quantitative estimate of drug-likeness (QED) is 0.718. The van der Waals surface area contributed by atoms with E-state index < -0.39 is 0 Å². The van der Waals surface area contributed by atoms with Crippen molar-refractivity contribution in [3.05, 3.63) is 0 Å². The zero-order valence-corrected chi connectivity index (χ0v) is 11.6. The lowest BCUT2D eigenvalue weighted by Gasteiger charge is -2.27. The summed E-state index contributed by atoms with van der Waals surface area (Å²) in [7, 11) is 4.40. The fraction of sp³-hybridized carbons (Fsp3) is 1.00. The SMILES string of the molecule is CC(C)CC(CNCC1CCCC1)N(C)C. The summed E-state index contributed by atoms with van der Waals surface area (Å²) in [5, 5.41) is 3.67. The maximum Gasteiger partial charge on any atom is 0.0216 e. The number of likely N-dealkylation sites (N-methyl/N-ethyl adjacent to an activating group) is 1. The molecule has 0 aliphatic heterocycles. The van der Waals surface area contributed by atoms with Crippen LogP contribution in [0.25, 0.3) is 0 Å². The summed E-state index contributed by atoms with van der Waals surface area (Å²) < 4.78 is 0. The third-order valence-corrected chi connectivity index (χ3v) is 3.76. The van der Waals surface area contributed by atoms with Crippen LogP contribution in [-0.4, -0.2) is 38.1 Å². The van der Waals surface area contributed by atoms with Gasteiger partial charge < -0.3 is 10.2 Å². The van der Waals surface area contributed by atoms with Crippen LogP contribution in [0.4, 0.5) is 0 Å². The Labute approximate surface area is 102 Å². The molecule has 1 aliphatic carbocycles. The molecular weight excluding hydrogens is 196 g/mol. The van der Waals surface area contributed by atoms with Gasteiger partial charge in [0.2, 0.25) is 0 Å². The molecule has 0 amide bonds. The van der Waals surface area contributed by atoms with Crippen LogP contribution in [0, 0.1) is 11.8 Å². The largest absolute Gasteiger partial charge is 0.315 e. The molecule has 1 rings (SSSR count). The van der Waals surface area contributed by atoms with Crippen molar-refractivity contribution in [2.75, 3.05) is 27.2 Å². The minimum absolute atomic E-state index is 0.696. The summed E-state index contributed by atoms with van der Waals surface area (Å²) in [6, 6.07) is 0.696. The fourth-order valence-corrected chi connectivity index (χ4v) is 2.69. The first kappa shape index (κ1) is 14.0. The van der Waals surface area contributed by atoms with E-state index in [0.29, 0.717) is 6.04 Å². The van der Waals surface area contributed by atoms with Gasteiger partial charge in [-0.2, -0.15) is 0 Å². The van der Waals surface area contributed by atoms with E-state index in [1.165, 1.54) is 38.6 Å². The van der Waals surface area contributed by atoms with Gasteiger partial charge in [-0.15, -0.1) is 0 Å². The Kier molecular flexibility index (Phi) is 6.37. The molecule has 1 unspecified atom stereocenters. The van der Waals surface area contributed by atoms with E-state index in [0.717, 1.165) is 18.4 Å². The molecule has 1 N–H and O–H groups in total. The lowest BCUT2D eigenvalue weighted by Crippen LogP contribution is -2.40. The van der Waals surface area contributed by atoms with Crippen molar-refractivity contribution in [1.82, 2.24) is 10.2 Å². The van der Waals surface area contributed by atoms with E-state index in [2.05, 4.69) is 38.2 Å². The Balaban J connectivity index is 2.15. The van der Waals surface area contributed by atoms with Crippen LogP contribution in [0.15, 0.2) is 0 Å². The Morgan fingerprint density at radius 1 is 1.19 bits per heavy atom. The fourth-order valence-electron chi connectivity index (χ4n) is 2.69. The van der Waals surface area contributed by atoms with Crippen LogP contribution in [0.3, 0.4) is 0 Å². The molecule has 1 atom stereocenters. The second-order valence-corrected chi connectivity index (χ2v) is 6.06. The summed E-state index contributed by atoms with van der Waals surface area (Å²) in [5.41, 5.74) is 0. The number of hydrogen-bond donors (Lipinski definition) is 1. The minimum atomic E-state index is 0.696. The topological polar surface area (TPSA) is 15.3 Å². The highest BCUT2D eigenvalue weighted by molar-refractivity contribution is 4.74. The first-order valence-electron chi connectivity index (χ1n) is 6.96. The molecule has 2 heteroatoms. The van der Waals surface area contributed by atoms with Gasteiger partial charge in [-0.1, -0.05) is 26.7 Å². The summed E-state index contributed by atoms with van der Waals surface area (Å²) in [5.74, 6) is 1.75. The van der Waals surface area contributed by atoms with Gasteiger partial charge in [0.25, 0.3) is 0 Å². The molecule has 1 aliphatic rings. The van der Waals surface area contributed by atoms with Crippen molar-refractivity contribution in [3.63, 3.8) is 0 Å². The van der Waals surface area contributed by atoms with Crippen molar-refractivity contribution >= 4 is 0 Å². The molecule has 0 bridgehead atoms. The molecule has 96 valence electrons. The van der Waals surface area contributed by atoms with Crippen LogP contribution in [-0.2, 0) is 0 Å². The van der Waals surface area contributed by atoms with E-state index in [9.17, 15) is 0 Å². The molecule has 0 heterocycles. The van der Waals surface area contributed by atoms with Gasteiger partial charge in [0.05, 0.1) is 0 Å². The van der Waals surface area contributed by atoms with Gasteiger partial charge in [-0.05, 0) is 51.7 Å². The second-order valence-electron chi connectivity index (χ2n) is 6.06. The molecule has 1 saturated carbocycles. The minimum Gasteiger partial charge on any atom is -0.315 e. The first-order valence-corrected chi connectivity index (χ1v) is 6.96. The lowest BCUT2D eigenvalue weighted by molar-refractivity contribution is 0.244. The van der Waals surface area contributed by atoms with Gasteiger partial charge in [0, 0.05) is 12.6 Å². The molecule has 0 aromatic carbocycles. The zero-order chi connectivity index (χ0) is 12.0. The smallest absolute Gasteiger partial charge is 0.0216 e. The van der Waals surface area contributed by atoms with Gasteiger partial charge in [-0.3, -0.25) is 0 Å². The molecular formula is C14H30N2. The van der Waals surface area contributed by atoms with Crippen molar-refractivity contribution in [1.29, 1.82) is 0 Å². The Morgan fingerprint density at radius 2 is 1.81 bits per heavy atom. The summed E-state index contributed by atoms with van der Waals surface area (Å²) in [4.78, 5) is 2.36. The van der Waals surface area contributed by atoms with Crippen LogP contribution < -0.4 is 5.32 Å². The third kappa shape index (κ3) is 5.31. The highest BCUT2D eigenvalue weighted by Gasteiger charge is 2.16. The number of rotatable bonds is 7. The van der Waals surface area contributed by atoms with Crippen molar-refractivity contribution < 1.29 is 0 Å². The zero-order valence-electron chi connectivity index (χ0n) is 11.6. The maximum absolute atomic E-state index is 3.67. The van der Waals surface area contributed by atoms with Gasteiger partial charge in [-0.25, -0.2) is 0 Å². The van der Waals surface area contributed by atoms with Crippen LogP contribution in [0.2, 0.25) is 0 Å². The van der Waals surface area contributed by atoms with Gasteiger partial charge >= 0.3 is 0 Å². The number of nitrogens with one attached hydrogen (secondary N) is 1. The molecule has 0 spiro atoms. The number of nitrogens with zero attached hydrogens (tertiary/aromatic N) is 1. The van der Waals surface area contributed by atoms with Gasteiger partial charge in [0.15, 0.2) is 0 Å².